The lowest BCUT2D eigenvalue weighted by molar-refractivity contribution is -0.136. The number of hydrogen-bond acceptors (Lipinski definition) is 3. The van der Waals surface area contributed by atoms with E-state index in [1.54, 1.807) is 13.0 Å². The summed E-state index contributed by atoms with van der Waals surface area (Å²) < 4.78 is 13.2. The van der Waals surface area contributed by atoms with Crippen LogP contribution in [0.4, 0.5) is 10.1 Å². The lowest BCUT2D eigenvalue weighted by Crippen LogP contribution is -2.44. The number of benzene rings is 1. The topological polar surface area (TPSA) is 78.4 Å². The normalized spacial score (nSPS) is 12.1. The molecule has 6 heteroatoms. The summed E-state index contributed by atoms with van der Waals surface area (Å²) in [6.45, 7) is 5.38. The van der Waals surface area contributed by atoms with Crippen molar-refractivity contribution >= 4 is 17.5 Å². The van der Waals surface area contributed by atoms with Crippen LogP contribution in [0.15, 0.2) is 18.2 Å². The zero-order valence-electron chi connectivity index (χ0n) is 12.4. The lowest BCUT2D eigenvalue weighted by atomic mass is 10.0. The van der Waals surface area contributed by atoms with Crippen LogP contribution in [-0.2, 0) is 9.59 Å². The Bertz CT molecular complexity index is 497. The molecule has 3 N–H and O–H groups in total. The highest BCUT2D eigenvalue weighted by atomic mass is 19.1. The van der Waals surface area contributed by atoms with Crippen molar-refractivity contribution in [2.24, 2.45) is 5.92 Å². The quantitative estimate of drug-likeness (QED) is 0.722. The SMILES string of the molecule is Cc1cc(F)cc(NC(=O)C(=O)NC(CCO)C(C)C)c1. The second-order valence-electron chi connectivity index (χ2n) is 5.31. The molecule has 0 fully saturated rings. The summed E-state index contributed by atoms with van der Waals surface area (Å²) in [6, 6.07) is 3.75. The van der Waals surface area contributed by atoms with Gasteiger partial charge in [-0.1, -0.05) is 13.8 Å². The average Bonchev–Trinajstić information content (AvgIpc) is 2.36. The monoisotopic (exact) mass is 296 g/mol. The van der Waals surface area contributed by atoms with Gasteiger partial charge in [0.2, 0.25) is 0 Å². The molecular weight excluding hydrogens is 275 g/mol. The van der Waals surface area contributed by atoms with Crippen LogP contribution in [0, 0.1) is 18.7 Å². The van der Waals surface area contributed by atoms with Gasteiger partial charge in [-0.25, -0.2) is 4.39 Å². The number of nitrogens with one attached hydrogen (secondary N) is 2. The minimum Gasteiger partial charge on any atom is -0.396 e. The van der Waals surface area contributed by atoms with E-state index < -0.39 is 17.6 Å². The van der Waals surface area contributed by atoms with Crippen molar-refractivity contribution in [1.29, 1.82) is 0 Å². The minimum absolute atomic E-state index is 0.0756. The summed E-state index contributed by atoms with van der Waals surface area (Å²) >= 11 is 0. The molecule has 1 atom stereocenters. The van der Waals surface area contributed by atoms with Gasteiger partial charge in [0.05, 0.1) is 0 Å². The van der Waals surface area contributed by atoms with E-state index in [4.69, 9.17) is 5.11 Å². The van der Waals surface area contributed by atoms with E-state index in [0.717, 1.165) is 6.07 Å². The number of carbonyl (C=O) groups excluding carboxylic acids is 2. The van der Waals surface area contributed by atoms with Crippen molar-refractivity contribution in [1.82, 2.24) is 5.32 Å². The molecular formula is C15H21FN2O3. The lowest BCUT2D eigenvalue weighted by Gasteiger charge is -2.21. The molecule has 1 unspecified atom stereocenters. The van der Waals surface area contributed by atoms with Gasteiger partial charge in [0.25, 0.3) is 0 Å². The Morgan fingerprint density at radius 2 is 1.90 bits per heavy atom. The summed E-state index contributed by atoms with van der Waals surface area (Å²) in [5.41, 5.74) is 0.877. The molecule has 0 spiro atoms. The van der Waals surface area contributed by atoms with Crippen molar-refractivity contribution in [2.45, 2.75) is 33.2 Å². The van der Waals surface area contributed by atoms with Gasteiger partial charge >= 0.3 is 11.8 Å². The van der Waals surface area contributed by atoms with Crippen LogP contribution < -0.4 is 10.6 Å². The highest BCUT2D eigenvalue weighted by Crippen LogP contribution is 2.13. The van der Waals surface area contributed by atoms with Gasteiger partial charge in [0, 0.05) is 18.3 Å². The van der Waals surface area contributed by atoms with Gasteiger partial charge in [0.1, 0.15) is 5.82 Å². The minimum atomic E-state index is -0.858. The molecule has 0 aromatic heterocycles. The van der Waals surface area contributed by atoms with E-state index >= 15 is 0 Å². The molecule has 0 heterocycles. The maximum absolute atomic E-state index is 13.2. The van der Waals surface area contributed by atoms with Crippen molar-refractivity contribution in [2.75, 3.05) is 11.9 Å². The third kappa shape index (κ3) is 5.51. The summed E-state index contributed by atoms with van der Waals surface area (Å²) in [5.74, 6) is -2.05. The third-order valence-corrected chi connectivity index (χ3v) is 3.07. The molecule has 0 saturated carbocycles. The van der Waals surface area contributed by atoms with Gasteiger partial charge in [-0.2, -0.15) is 0 Å². The largest absolute Gasteiger partial charge is 0.396 e. The van der Waals surface area contributed by atoms with Crippen LogP contribution in [0.25, 0.3) is 0 Å². The first-order valence-corrected chi connectivity index (χ1v) is 6.83. The van der Waals surface area contributed by atoms with Crippen LogP contribution in [0.1, 0.15) is 25.8 Å². The highest BCUT2D eigenvalue weighted by molar-refractivity contribution is 6.39. The van der Waals surface area contributed by atoms with E-state index in [9.17, 15) is 14.0 Å². The standard InChI is InChI=1S/C15H21FN2O3/c1-9(2)13(4-5-19)18-15(21)14(20)17-12-7-10(3)6-11(16)8-12/h6-9,13,19H,4-5H2,1-3H3,(H,17,20)(H,18,21). The van der Waals surface area contributed by atoms with Gasteiger partial charge in [-0.05, 0) is 43.0 Å². The summed E-state index contributed by atoms with van der Waals surface area (Å²) in [7, 11) is 0. The van der Waals surface area contributed by atoms with Crippen LogP contribution in [0.5, 0.6) is 0 Å². The molecule has 5 nitrogen and oxygen atoms in total. The van der Waals surface area contributed by atoms with Crippen LogP contribution in [0.2, 0.25) is 0 Å². The van der Waals surface area contributed by atoms with E-state index in [-0.39, 0.29) is 24.3 Å². The number of aliphatic hydroxyl groups excluding tert-OH is 1. The van der Waals surface area contributed by atoms with E-state index in [1.807, 2.05) is 13.8 Å². The molecule has 0 aliphatic carbocycles. The van der Waals surface area contributed by atoms with Gasteiger partial charge in [-0.15, -0.1) is 0 Å². The van der Waals surface area contributed by atoms with Crippen LogP contribution in [0.3, 0.4) is 0 Å². The second kappa shape index (κ2) is 7.73. The summed E-state index contributed by atoms with van der Waals surface area (Å²) in [6.07, 6.45) is 0.371. The number of aryl methyl sites for hydroxylation is 1. The predicted molar refractivity (Wildman–Crippen MR) is 78.2 cm³/mol. The molecule has 0 bridgehead atoms. The molecule has 21 heavy (non-hydrogen) atoms. The van der Waals surface area contributed by atoms with Crippen LogP contribution >= 0.6 is 0 Å². The fourth-order valence-corrected chi connectivity index (χ4v) is 1.94. The Hall–Kier alpha value is -1.95. The maximum Gasteiger partial charge on any atom is 0.313 e. The van der Waals surface area contributed by atoms with Gasteiger partial charge in [-0.3, -0.25) is 9.59 Å². The molecule has 0 radical (unpaired) electrons. The number of carbonyl (C=O) groups is 2. The van der Waals surface area contributed by atoms with Crippen molar-refractivity contribution in [3.05, 3.63) is 29.6 Å². The highest BCUT2D eigenvalue weighted by Gasteiger charge is 2.20. The summed E-state index contributed by atoms with van der Waals surface area (Å²) in [5, 5.41) is 13.9. The Labute approximate surface area is 123 Å². The van der Waals surface area contributed by atoms with Gasteiger partial charge < -0.3 is 15.7 Å². The fraction of sp³-hybridized carbons (Fsp3) is 0.467. The predicted octanol–water partition coefficient (Wildman–Crippen LogP) is 1.60. The van der Waals surface area contributed by atoms with Crippen molar-refractivity contribution in [3.63, 3.8) is 0 Å². The number of rotatable bonds is 5. The number of halogens is 1. The number of hydrogen-bond donors (Lipinski definition) is 3. The number of aliphatic hydroxyl groups is 1. The third-order valence-electron chi connectivity index (χ3n) is 3.07. The van der Waals surface area contributed by atoms with Gasteiger partial charge in [0.15, 0.2) is 0 Å². The van der Waals surface area contributed by atoms with Crippen molar-refractivity contribution in [3.8, 4) is 0 Å². The molecule has 1 rings (SSSR count). The summed E-state index contributed by atoms with van der Waals surface area (Å²) in [4.78, 5) is 23.6. The first-order chi connectivity index (χ1) is 9.83. The first kappa shape index (κ1) is 17.1. The van der Waals surface area contributed by atoms with Crippen molar-refractivity contribution < 1.29 is 19.1 Å². The molecule has 0 saturated heterocycles. The Morgan fingerprint density at radius 3 is 2.43 bits per heavy atom. The van der Waals surface area contributed by atoms with Crippen LogP contribution in [-0.4, -0.2) is 29.6 Å². The molecule has 2 amide bonds. The second-order valence-corrected chi connectivity index (χ2v) is 5.31. The first-order valence-electron chi connectivity index (χ1n) is 6.83. The van der Waals surface area contributed by atoms with E-state index in [0.29, 0.717) is 12.0 Å². The zero-order valence-corrected chi connectivity index (χ0v) is 12.4. The molecule has 1 aromatic rings. The Balaban J connectivity index is 2.67. The maximum atomic E-state index is 13.2. The van der Waals surface area contributed by atoms with E-state index in [2.05, 4.69) is 10.6 Å². The smallest absolute Gasteiger partial charge is 0.313 e. The number of amides is 2. The Morgan fingerprint density at radius 1 is 1.24 bits per heavy atom. The molecule has 116 valence electrons. The van der Waals surface area contributed by atoms with E-state index in [1.165, 1.54) is 6.07 Å². The average molecular weight is 296 g/mol. The fourth-order valence-electron chi connectivity index (χ4n) is 1.94. The molecule has 1 aromatic carbocycles. The molecule has 0 aliphatic rings. The Kier molecular flexibility index (Phi) is 6.30. The zero-order chi connectivity index (χ0) is 16.0. The number of anilines is 1. The molecule has 0 aliphatic heterocycles.